The molecule has 0 saturated carbocycles. The van der Waals surface area contributed by atoms with E-state index in [0.29, 0.717) is 17.6 Å². The molecule has 136 valence electrons. The van der Waals surface area contributed by atoms with Crippen LogP contribution >= 0.6 is 0 Å². The van der Waals surface area contributed by atoms with Gasteiger partial charge < -0.3 is 19.9 Å². The Hall–Kier alpha value is -3.87. The van der Waals surface area contributed by atoms with E-state index in [1.165, 1.54) is 18.2 Å². The van der Waals surface area contributed by atoms with Crippen LogP contribution in [0.3, 0.4) is 0 Å². The highest BCUT2D eigenvalue weighted by Crippen LogP contribution is 2.27. The van der Waals surface area contributed by atoms with Crippen LogP contribution in [0.15, 0.2) is 52.9 Å². The van der Waals surface area contributed by atoms with Gasteiger partial charge in [-0.1, -0.05) is 6.07 Å². The molecule has 7 nitrogen and oxygen atoms in total. The molecule has 3 aromatic rings. The van der Waals surface area contributed by atoms with Gasteiger partial charge in [0.2, 0.25) is 0 Å². The molecule has 0 saturated heterocycles. The molecule has 7 heteroatoms. The molecule has 0 fully saturated rings. The number of carboxylic acids is 1. The zero-order chi connectivity index (χ0) is 19.6. The van der Waals surface area contributed by atoms with Crippen molar-refractivity contribution in [3.63, 3.8) is 0 Å². The maximum absolute atomic E-state index is 12.4. The number of phenols is 1. The molecular weight excluding hydrogens is 350 g/mol. The summed E-state index contributed by atoms with van der Waals surface area (Å²) in [6.07, 6.45) is 0.615. The van der Waals surface area contributed by atoms with Gasteiger partial charge in [0.05, 0.1) is 0 Å². The zero-order valence-corrected chi connectivity index (χ0v) is 14.2. The molecule has 27 heavy (non-hydrogen) atoms. The largest absolute Gasteiger partial charge is 0.507 e. The number of aromatic carboxylic acids is 1. The quantitative estimate of drug-likeness (QED) is 0.469. The summed E-state index contributed by atoms with van der Waals surface area (Å²) in [5, 5.41) is 21.2. The minimum absolute atomic E-state index is 0.216. The molecule has 0 radical (unpaired) electrons. The lowest BCUT2D eigenvalue weighted by Crippen LogP contribution is -2.12. The normalized spacial score (nSPS) is 10.4. The van der Waals surface area contributed by atoms with Gasteiger partial charge in [-0.25, -0.2) is 4.79 Å². The summed E-state index contributed by atoms with van der Waals surface area (Å²) in [7, 11) is 0. The average molecular weight is 365 g/mol. The molecule has 0 aliphatic rings. The lowest BCUT2D eigenvalue weighted by atomic mass is 10.0. The summed E-state index contributed by atoms with van der Waals surface area (Å²) in [5.74, 6) is -1.37. The van der Waals surface area contributed by atoms with E-state index in [2.05, 4.69) is 5.32 Å². The van der Waals surface area contributed by atoms with Gasteiger partial charge in [0.25, 0.3) is 5.91 Å². The van der Waals surface area contributed by atoms with Crippen LogP contribution in [0, 0.1) is 6.92 Å². The SMILES string of the molecule is Cc1cc(C(=O)Nc2ccc(O)c(C(=O)O)c2)ccc1-c1ccc(C=O)o1. The van der Waals surface area contributed by atoms with Crippen molar-refractivity contribution >= 4 is 23.9 Å². The van der Waals surface area contributed by atoms with Crippen LogP contribution in [-0.4, -0.2) is 28.4 Å². The molecule has 0 spiro atoms. The number of nitrogens with one attached hydrogen (secondary N) is 1. The van der Waals surface area contributed by atoms with E-state index >= 15 is 0 Å². The summed E-state index contributed by atoms with van der Waals surface area (Å²) < 4.78 is 5.39. The first-order valence-corrected chi connectivity index (χ1v) is 7.92. The van der Waals surface area contributed by atoms with Gasteiger partial charge in [0.1, 0.15) is 17.1 Å². The van der Waals surface area contributed by atoms with Gasteiger partial charge in [-0.15, -0.1) is 0 Å². The molecule has 2 aromatic carbocycles. The fraction of sp³-hybridized carbons (Fsp3) is 0.0500. The highest BCUT2D eigenvalue weighted by atomic mass is 16.4. The summed E-state index contributed by atoms with van der Waals surface area (Å²) in [4.78, 5) is 34.2. The van der Waals surface area contributed by atoms with Gasteiger partial charge in [-0.05, 0) is 55.0 Å². The van der Waals surface area contributed by atoms with Crippen molar-refractivity contribution < 1.29 is 29.0 Å². The zero-order valence-electron chi connectivity index (χ0n) is 14.2. The number of furan rings is 1. The Morgan fingerprint density at radius 2 is 1.85 bits per heavy atom. The minimum Gasteiger partial charge on any atom is -0.507 e. The molecule has 1 aromatic heterocycles. The van der Waals surface area contributed by atoms with Crippen LogP contribution in [-0.2, 0) is 0 Å². The Labute approximate surface area is 153 Å². The number of rotatable bonds is 5. The number of carboxylic acid groups (broad SMARTS) is 1. The second-order valence-electron chi connectivity index (χ2n) is 5.84. The third-order valence-electron chi connectivity index (χ3n) is 3.98. The Kier molecular flexibility index (Phi) is 4.76. The number of benzene rings is 2. The number of amides is 1. The Bertz CT molecular complexity index is 1050. The summed E-state index contributed by atoms with van der Waals surface area (Å²) >= 11 is 0. The molecule has 0 aliphatic carbocycles. The van der Waals surface area contributed by atoms with E-state index in [-0.39, 0.29) is 22.8 Å². The van der Waals surface area contributed by atoms with Crippen LogP contribution in [0.1, 0.15) is 36.8 Å². The van der Waals surface area contributed by atoms with Crippen molar-refractivity contribution in [3.8, 4) is 17.1 Å². The average Bonchev–Trinajstić information content (AvgIpc) is 3.11. The fourth-order valence-electron chi connectivity index (χ4n) is 2.63. The fourth-order valence-corrected chi connectivity index (χ4v) is 2.63. The number of hydrogen-bond acceptors (Lipinski definition) is 5. The van der Waals surface area contributed by atoms with Gasteiger partial charge in [-0.2, -0.15) is 0 Å². The van der Waals surface area contributed by atoms with E-state index < -0.39 is 11.9 Å². The minimum atomic E-state index is -1.29. The van der Waals surface area contributed by atoms with Crippen molar-refractivity contribution in [2.24, 2.45) is 0 Å². The van der Waals surface area contributed by atoms with E-state index in [4.69, 9.17) is 9.52 Å². The summed E-state index contributed by atoms with van der Waals surface area (Å²) in [5.41, 5.74) is 1.83. The second kappa shape index (κ2) is 7.17. The van der Waals surface area contributed by atoms with Gasteiger partial charge >= 0.3 is 5.97 Å². The van der Waals surface area contributed by atoms with E-state index in [9.17, 15) is 19.5 Å². The highest BCUT2D eigenvalue weighted by molar-refractivity contribution is 6.05. The molecule has 1 amide bonds. The van der Waals surface area contributed by atoms with Crippen LogP contribution in [0.2, 0.25) is 0 Å². The maximum Gasteiger partial charge on any atom is 0.339 e. The van der Waals surface area contributed by atoms with Crippen LogP contribution in [0.5, 0.6) is 5.75 Å². The lowest BCUT2D eigenvalue weighted by Gasteiger charge is -2.09. The number of carbonyl (C=O) groups excluding carboxylic acids is 2. The lowest BCUT2D eigenvalue weighted by molar-refractivity contribution is 0.0693. The first-order chi connectivity index (χ1) is 12.9. The molecule has 0 aliphatic heterocycles. The van der Waals surface area contributed by atoms with Crippen molar-refractivity contribution in [1.29, 1.82) is 0 Å². The number of hydrogen-bond donors (Lipinski definition) is 3. The van der Waals surface area contributed by atoms with E-state index in [1.807, 2.05) is 0 Å². The first kappa shape index (κ1) is 17.9. The number of aryl methyl sites for hydroxylation is 1. The van der Waals surface area contributed by atoms with Crippen molar-refractivity contribution in [2.75, 3.05) is 5.32 Å². The van der Waals surface area contributed by atoms with Crippen molar-refractivity contribution in [3.05, 3.63) is 71.0 Å². The number of aromatic hydroxyl groups is 1. The third kappa shape index (κ3) is 3.72. The third-order valence-corrected chi connectivity index (χ3v) is 3.98. The number of aldehydes is 1. The highest BCUT2D eigenvalue weighted by Gasteiger charge is 2.14. The van der Waals surface area contributed by atoms with Gasteiger partial charge in [0, 0.05) is 16.8 Å². The molecule has 3 N–H and O–H groups in total. The molecule has 1 heterocycles. The maximum atomic E-state index is 12.4. The van der Waals surface area contributed by atoms with Gasteiger partial charge in [0.15, 0.2) is 12.0 Å². The number of carbonyl (C=O) groups is 3. The second-order valence-corrected chi connectivity index (χ2v) is 5.84. The van der Waals surface area contributed by atoms with E-state index in [1.54, 1.807) is 37.3 Å². The topological polar surface area (TPSA) is 117 Å². The monoisotopic (exact) mass is 365 g/mol. The first-order valence-electron chi connectivity index (χ1n) is 7.92. The molecule has 0 atom stereocenters. The molecular formula is C20H15NO6. The number of anilines is 1. The van der Waals surface area contributed by atoms with Crippen molar-refractivity contribution in [1.82, 2.24) is 0 Å². The van der Waals surface area contributed by atoms with Crippen molar-refractivity contribution in [2.45, 2.75) is 6.92 Å². The molecule has 3 rings (SSSR count). The van der Waals surface area contributed by atoms with Crippen LogP contribution < -0.4 is 5.32 Å². The Morgan fingerprint density at radius 3 is 2.48 bits per heavy atom. The standard InChI is InChI=1S/C20H15NO6/c1-11-8-12(2-5-15(11)18-7-4-14(10-22)27-18)19(24)21-13-3-6-17(23)16(9-13)20(25)26/h2-10,23H,1H3,(H,21,24)(H,25,26). The predicted molar refractivity (Wildman–Crippen MR) is 97.3 cm³/mol. The summed E-state index contributed by atoms with van der Waals surface area (Å²) in [6, 6.07) is 12.0. The van der Waals surface area contributed by atoms with E-state index in [0.717, 1.165) is 11.1 Å². The van der Waals surface area contributed by atoms with Crippen LogP contribution in [0.25, 0.3) is 11.3 Å². The Balaban J connectivity index is 1.83. The predicted octanol–water partition coefficient (Wildman–Crippen LogP) is 3.72. The smallest absolute Gasteiger partial charge is 0.339 e. The van der Waals surface area contributed by atoms with Crippen LogP contribution in [0.4, 0.5) is 5.69 Å². The Morgan fingerprint density at radius 1 is 1.07 bits per heavy atom. The molecule has 0 bridgehead atoms. The summed E-state index contributed by atoms with van der Waals surface area (Å²) in [6.45, 7) is 1.80. The molecule has 0 unspecified atom stereocenters. The van der Waals surface area contributed by atoms with Gasteiger partial charge in [-0.3, -0.25) is 9.59 Å².